The van der Waals surface area contributed by atoms with Crippen molar-refractivity contribution in [3.8, 4) is 10.6 Å². The van der Waals surface area contributed by atoms with Crippen molar-refractivity contribution in [2.75, 3.05) is 18.4 Å². The number of halogens is 1. The maximum atomic E-state index is 12.6. The number of anilines is 1. The lowest BCUT2D eigenvalue weighted by atomic mass is 10.2. The summed E-state index contributed by atoms with van der Waals surface area (Å²) in [6.07, 6.45) is 1.77. The Balaban J connectivity index is 1.46. The average Bonchev–Trinajstić information content (AvgIpc) is 3.43. The Morgan fingerprint density at radius 1 is 1.11 bits per heavy atom. The number of amides is 1. The normalized spacial score (nSPS) is 15.0. The van der Waals surface area contributed by atoms with Gasteiger partial charge in [-0.05, 0) is 65.2 Å². The fraction of sp³-hybridized carbons (Fsp3) is 0.222. The van der Waals surface area contributed by atoms with Crippen molar-refractivity contribution in [3.05, 3.63) is 51.1 Å². The van der Waals surface area contributed by atoms with Crippen molar-refractivity contribution in [2.24, 2.45) is 0 Å². The van der Waals surface area contributed by atoms with E-state index in [9.17, 15) is 13.2 Å². The van der Waals surface area contributed by atoms with Gasteiger partial charge in [0.2, 0.25) is 10.0 Å². The molecule has 1 aliphatic rings. The number of nitrogens with one attached hydrogen (secondary N) is 1. The van der Waals surface area contributed by atoms with E-state index in [-0.39, 0.29) is 10.8 Å². The Morgan fingerprint density at radius 2 is 1.82 bits per heavy atom. The molecule has 6 nitrogen and oxygen atoms in total. The minimum Gasteiger partial charge on any atom is -0.298 e. The van der Waals surface area contributed by atoms with Crippen LogP contribution in [0.2, 0.25) is 0 Å². The molecule has 1 aromatic carbocycles. The highest BCUT2D eigenvalue weighted by Gasteiger charge is 2.27. The van der Waals surface area contributed by atoms with Gasteiger partial charge in [-0.3, -0.25) is 10.1 Å². The van der Waals surface area contributed by atoms with E-state index in [2.05, 4.69) is 26.2 Å². The summed E-state index contributed by atoms with van der Waals surface area (Å²) < 4.78 is 27.6. The van der Waals surface area contributed by atoms with Crippen LogP contribution in [0.4, 0.5) is 5.13 Å². The van der Waals surface area contributed by atoms with Gasteiger partial charge >= 0.3 is 0 Å². The minimum absolute atomic E-state index is 0.214. The van der Waals surface area contributed by atoms with Crippen LogP contribution in [0.5, 0.6) is 0 Å². The van der Waals surface area contributed by atoms with Crippen molar-refractivity contribution < 1.29 is 13.2 Å². The van der Waals surface area contributed by atoms with Crippen LogP contribution in [0, 0.1) is 0 Å². The van der Waals surface area contributed by atoms with Crippen LogP contribution in [0.25, 0.3) is 10.6 Å². The van der Waals surface area contributed by atoms with E-state index in [1.807, 2.05) is 17.5 Å². The highest BCUT2D eigenvalue weighted by molar-refractivity contribution is 9.11. The zero-order chi connectivity index (χ0) is 19.7. The summed E-state index contributed by atoms with van der Waals surface area (Å²) in [5.74, 6) is -0.321. The molecule has 4 rings (SSSR count). The summed E-state index contributed by atoms with van der Waals surface area (Å²) in [5, 5.41) is 5.16. The molecule has 0 bridgehead atoms. The number of hydrogen-bond donors (Lipinski definition) is 1. The van der Waals surface area contributed by atoms with Gasteiger partial charge in [-0.1, -0.05) is 0 Å². The zero-order valence-corrected chi connectivity index (χ0v) is 18.6. The lowest BCUT2D eigenvalue weighted by Gasteiger charge is -2.15. The second kappa shape index (κ2) is 8.03. The molecule has 1 saturated heterocycles. The van der Waals surface area contributed by atoms with Gasteiger partial charge in [0.05, 0.1) is 19.3 Å². The number of rotatable bonds is 5. The maximum absolute atomic E-state index is 12.6. The standard InChI is InChI=1S/C18H16BrN3O3S3/c19-16-8-7-15(27-16)14-11-26-18(20-14)21-17(23)12-3-5-13(6-4-12)28(24,25)22-9-1-2-10-22/h3-8,11H,1-2,9-10H2,(H,20,21,23). The number of thiazole rings is 1. The van der Waals surface area contributed by atoms with Crippen LogP contribution in [0.3, 0.4) is 0 Å². The molecule has 3 heterocycles. The predicted octanol–water partition coefficient (Wildman–Crippen LogP) is 4.67. The lowest BCUT2D eigenvalue weighted by Crippen LogP contribution is -2.27. The topological polar surface area (TPSA) is 79.4 Å². The number of sulfonamides is 1. The van der Waals surface area contributed by atoms with Gasteiger partial charge < -0.3 is 0 Å². The molecule has 1 aliphatic heterocycles. The first kappa shape index (κ1) is 19.7. The first-order chi connectivity index (χ1) is 13.4. The minimum atomic E-state index is -3.48. The molecule has 10 heteroatoms. The van der Waals surface area contributed by atoms with E-state index in [4.69, 9.17) is 0 Å². The van der Waals surface area contributed by atoms with Gasteiger partial charge in [-0.15, -0.1) is 22.7 Å². The smallest absolute Gasteiger partial charge is 0.257 e. The van der Waals surface area contributed by atoms with E-state index in [0.29, 0.717) is 23.8 Å². The molecule has 28 heavy (non-hydrogen) atoms. The van der Waals surface area contributed by atoms with Crippen molar-refractivity contribution in [1.82, 2.24) is 9.29 Å². The summed E-state index contributed by atoms with van der Waals surface area (Å²) >= 11 is 6.34. The lowest BCUT2D eigenvalue weighted by molar-refractivity contribution is 0.102. The molecule has 1 amide bonds. The Bertz CT molecular complexity index is 1100. The van der Waals surface area contributed by atoms with Crippen molar-refractivity contribution in [2.45, 2.75) is 17.7 Å². The van der Waals surface area contributed by atoms with E-state index < -0.39 is 10.0 Å². The molecule has 0 radical (unpaired) electrons. The second-order valence-electron chi connectivity index (χ2n) is 6.23. The molecule has 0 atom stereocenters. The Hall–Kier alpha value is -1.59. The number of hydrogen-bond acceptors (Lipinski definition) is 6. The number of carbonyl (C=O) groups is 1. The molecular formula is C18H16BrN3O3S3. The summed E-state index contributed by atoms with van der Waals surface area (Å²) in [6.45, 7) is 1.11. The van der Waals surface area contributed by atoms with Gasteiger partial charge in [0.25, 0.3) is 5.91 Å². The fourth-order valence-electron chi connectivity index (χ4n) is 2.92. The monoisotopic (exact) mass is 497 g/mol. The predicted molar refractivity (Wildman–Crippen MR) is 116 cm³/mol. The van der Waals surface area contributed by atoms with Crippen LogP contribution in [0.15, 0.2) is 50.5 Å². The number of carbonyl (C=O) groups excluding carboxylic acids is 1. The Morgan fingerprint density at radius 3 is 2.46 bits per heavy atom. The SMILES string of the molecule is O=C(Nc1nc(-c2ccc(Br)s2)cs1)c1ccc(S(=O)(=O)N2CCCC2)cc1. The van der Waals surface area contributed by atoms with Crippen molar-refractivity contribution >= 4 is 59.7 Å². The first-order valence-electron chi connectivity index (χ1n) is 8.56. The van der Waals surface area contributed by atoms with Crippen molar-refractivity contribution in [1.29, 1.82) is 0 Å². The molecule has 0 aliphatic carbocycles. The van der Waals surface area contributed by atoms with E-state index >= 15 is 0 Å². The average molecular weight is 498 g/mol. The number of thiophene rings is 1. The zero-order valence-electron chi connectivity index (χ0n) is 14.6. The van der Waals surface area contributed by atoms with Crippen molar-refractivity contribution in [3.63, 3.8) is 0 Å². The van der Waals surface area contributed by atoms with E-state index in [1.165, 1.54) is 39.9 Å². The van der Waals surface area contributed by atoms with Crippen LogP contribution in [-0.4, -0.2) is 36.7 Å². The molecule has 0 saturated carbocycles. The van der Waals surface area contributed by atoms with Crippen LogP contribution in [-0.2, 0) is 10.0 Å². The molecule has 1 fully saturated rings. The summed E-state index contributed by atoms with van der Waals surface area (Å²) in [7, 11) is -3.48. The summed E-state index contributed by atoms with van der Waals surface area (Å²) in [4.78, 5) is 18.1. The van der Waals surface area contributed by atoms with Crippen LogP contribution < -0.4 is 5.32 Å². The highest BCUT2D eigenvalue weighted by Crippen LogP contribution is 2.33. The molecule has 0 unspecified atom stereocenters. The van der Waals surface area contributed by atoms with Gasteiger partial charge in [0.1, 0.15) is 0 Å². The number of benzene rings is 1. The molecular weight excluding hydrogens is 482 g/mol. The fourth-order valence-corrected chi connectivity index (χ4v) is 6.57. The maximum Gasteiger partial charge on any atom is 0.257 e. The third-order valence-electron chi connectivity index (χ3n) is 4.37. The van der Waals surface area contributed by atoms with Gasteiger partial charge in [-0.2, -0.15) is 4.31 Å². The molecule has 3 aromatic rings. The third kappa shape index (κ3) is 4.06. The number of aromatic nitrogens is 1. The third-order valence-corrected chi connectivity index (χ3v) is 8.69. The summed E-state index contributed by atoms with van der Waals surface area (Å²) in [5.41, 5.74) is 1.19. The van der Waals surface area contributed by atoms with Crippen LogP contribution >= 0.6 is 38.6 Å². The van der Waals surface area contributed by atoms with Gasteiger partial charge in [0.15, 0.2) is 5.13 Å². The van der Waals surface area contributed by atoms with Crippen LogP contribution in [0.1, 0.15) is 23.2 Å². The molecule has 146 valence electrons. The molecule has 0 spiro atoms. The molecule has 1 N–H and O–H groups in total. The molecule has 2 aromatic heterocycles. The Kier molecular flexibility index (Phi) is 5.66. The quantitative estimate of drug-likeness (QED) is 0.555. The van der Waals surface area contributed by atoms with E-state index in [1.54, 1.807) is 11.3 Å². The van der Waals surface area contributed by atoms with E-state index in [0.717, 1.165) is 27.2 Å². The second-order valence-corrected chi connectivity index (χ2v) is 11.5. The first-order valence-corrected chi connectivity index (χ1v) is 12.5. The van der Waals surface area contributed by atoms with Gasteiger partial charge in [-0.25, -0.2) is 13.4 Å². The van der Waals surface area contributed by atoms with Gasteiger partial charge in [0, 0.05) is 24.0 Å². The highest BCUT2D eigenvalue weighted by atomic mass is 79.9. The number of nitrogens with zero attached hydrogens (tertiary/aromatic N) is 2. The largest absolute Gasteiger partial charge is 0.298 e. The summed E-state index contributed by atoms with van der Waals surface area (Å²) in [6, 6.07) is 9.95. The Labute approximate surface area is 179 Å².